The molecule has 0 saturated carbocycles. The summed E-state index contributed by atoms with van der Waals surface area (Å²) in [6.45, 7) is 6.05. The fraction of sp³-hybridized carbons (Fsp3) is 0.350. The SMILES string of the molecule is CC(C)NC(=O)c1n[nH]c2ccc(-c3cncc(N4CCCC4)c3)cc12. The summed E-state index contributed by atoms with van der Waals surface area (Å²) in [5, 5.41) is 10.9. The summed E-state index contributed by atoms with van der Waals surface area (Å²) in [5.74, 6) is -0.160. The van der Waals surface area contributed by atoms with Crippen LogP contribution in [0.25, 0.3) is 22.0 Å². The van der Waals surface area contributed by atoms with Crippen LogP contribution in [-0.2, 0) is 0 Å². The number of nitrogens with zero attached hydrogens (tertiary/aromatic N) is 3. The monoisotopic (exact) mass is 349 g/mol. The molecule has 0 bridgehead atoms. The fourth-order valence-electron chi connectivity index (χ4n) is 3.43. The molecule has 1 aromatic carbocycles. The van der Waals surface area contributed by atoms with Crippen molar-refractivity contribution in [3.05, 3.63) is 42.4 Å². The molecule has 1 saturated heterocycles. The second kappa shape index (κ2) is 6.78. The summed E-state index contributed by atoms with van der Waals surface area (Å²) in [5.41, 5.74) is 4.52. The molecule has 4 rings (SSSR count). The quantitative estimate of drug-likeness (QED) is 0.757. The number of rotatable bonds is 4. The number of hydrogen-bond donors (Lipinski definition) is 2. The molecule has 134 valence electrons. The van der Waals surface area contributed by atoms with Crippen LogP contribution in [0.5, 0.6) is 0 Å². The first-order chi connectivity index (χ1) is 12.6. The molecular formula is C20H23N5O. The highest BCUT2D eigenvalue weighted by atomic mass is 16.2. The Morgan fingerprint density at radius 2 is 1.96 bits per heavy atom. The van der Waals surface area contributed by atoms with E-state index in [4.69, 9.17) is 0 Å². The first-order valence-electron chi connectivity index (χ1n) is 9.11. The molecule has 6 heteroatoms. The summed E-state index contributed by atoms with van der Waals surface area (Å²) in [6.07, 6.45) is 6.26. The lowest BCUT2D eigenvalue weighted by Gasteiger charge is -2.17. The molecular weight excluding hydrogens is 326 g/mol. The summed E-state index contributed by atoms with van der Waals surface area (Å²) in [4.78, 5) is 19.2. The van der Waals surface area contributed by atoms with Gasteiger partial charge in [0.25, 0.3) is 5.91 Å². The maximum absolute atomic E-state index is 12.4. The minimum Gasteiger partial charge on any atom is -0.370 e. The predicted molar refractivity (Wildman–Crippen MR) is 103 cm³/mol. The second-order valence-corrected chi connectivity index (χ2v) is 7.09. The maximum atomic E-state index is 12.4. The number of carbonyl (C=O) groups is 1. The molecule has 6 nitrogen and oxygen atoms in total. The third kappa shape index (κ3) is 3.14. The first kappa shape index (κ1) is 16.6. The van der Waals surface area contributed by atoms with Crippen molar-refractivity contribution in [1.29, 1.82) is 0 Å². The molecule has 0 radical (unpaired) electrons. The average molecular weight is 349 g/mol. The maximum Gasteiger partial charge on any atom is 0.272 e. The van der Waals surface area contributed by atoms with Crippen molar-refractivity contribution in [1.82, 2.24) is 20.5 Å². The lowest BCUT2D eigenvalue weighted by molar-refractivity contribution is 0.0939. The molecule has 26 heavy (non-hydrogen) atoms. The van der Waals surface area contributed by atoms with Crippen LogP contribution in [0, 0.1) is 0 Å². The zero-order valence-corrected chi connectivity index (χ0v) is 15.1. The van der Waals surface area contributed by atoms with Crippen LogP contribution >= 0.6 is 0 Å². The Kier molecular flexibility index (Phi) is 4.32. The Labute approximate surface area is 152 Å². The Morgan fingerprint density at radius 1 is 1.15 bits per heavy atom. The van der Waals surface area contributed by atoms with E-state index < -0.39 is 0 Å². The highest BCUT2D eigenvalue weighted by Crippen LogP contribution is 2.28. The molecule has 1 aliphatic rings. The number of H-pyrrole nitrogens is 1. The van der Waals surface area contributed by atoms with E-state index in [1.165, 1.54) is 12.8 Å². The largest absolute Gasteiger partial charge is 0.370 e. The van der Waals surface area contributed by atoms with Crippen molar-refractivity contribution in [2.45, 2.75) is 32.7 Å². The van der Waals surface area contributed by atoms with Gasteiger partial charge in [-0.2, -0.15) is 5.10 Å². The Balaban J connectivity index is 1.71. The predicted octanol–water partition coefficient (Wildman–Crippen LogP) is 3.36. The highest BCUT2D eigenvalue weighted by molar-refractivity contribution is 6.05. The third-order valence-electron chi connectivity index (χ3n) is 4.73. The van der Waals surface area contributed by atoms with E-state index in [0.717, 1.165) is 40.8 Å². The first-order valence-corrected chi connectivity index (χ1v) is 9.11. The van der Waals surface area contributed by atoms with Gasteiger partial charge in [0.15, 0.2) is 5.69 Å². The Bertz CT molecular complexity index is 940. The van der Waals surface area contributed by atoms with E-state index >= 15 is 0 Å². The van der Waals surface area contributed by atoms with Crippen molar-refractivity contribution in [3.63, 3.8) is 0 Å². The van der Waals surface area contributed by atoms with Gasteiger partial charge in [0.1, 0.15) is 0 Å². The smallest absolute Gasteiger partial charge is 0.272 e. The Morgan fingerprint density at radius 3 is 2.73 bits per heavy atom. The number of benzene rings is 1. The van der Waals surface area contributed by atoms with Gasteiger partial charge in [0, 0.05) is 36.3 Å². The van der Waals surface area contributed by atoms with Crippen LogP contribution in [0.1, 0.15) is 37.2 Å². The lowest BCUT2D eigenvalue weighted by atomic mass is 10.0. The van der Waals surface area contributed by atoms with Crippen LogP contribution in [-0.4, -0.2) is 40.2 Å². The molecule has 3 aromatic rings. The molecule has 0 unspecified atom stereocenters. The van der Waals surface area contributed by atoms with Crippen LogP contribution in [0.2, 0.25) is 0 Å². The zero-order valence-electron chi connectivity index (χ0n) is 15.1. The van der Waals surface area contributed by atoms with Gasteiger partial charge in [0.05, 0.1) is 17.4 Å². The van der Waals surface area contributed by atoms with E-state index in [9.17, 15) is 4.79 Å². The lowest BCUT2D eigenvalue weighted by Crippen LogP contribution is -2.30. The molecule has 2 N–H and O–H groups in total. The van der Waals surface area contributed by atoms with Gasteiger partial charge >= 0.3 is 0 Å². The normalized spacial score (nSPS) is 14.3. The van der Waals surface area contributed by atoms with E-state index in [1.807, 2.05) is 44.4 Å². The van der Waals surface area contributed by atoms with Gasteiger partial charge in [-0.25, -0.2) is 0 Å². The minimum absolute atomic E-state index is 0.0683. The number of pyridine rings is 1. The van der Waals surface area contributed by atoms with Crippen LogP contribution in [0.3, 0.4) is 0 Å². The van der Waals surface area contributed by atoms with Gasteiger partial charge in [-0.15, -0.1) is 0 Å². The van der Waals surface area contributed by atoms with Crippen molar-refractivity contribution >= 4 is 22.5 Å². The standard InChI is InChI=1S/C20H23N5O/c1-13(2)22-20(26)19-17-10-14(5-6-18(17)23-24-19)15-9-16(12-21-11-15)25-7-3-4-8-25/h5-6,9-13H,3-4,7-8H2,1-2H3,(H,22,26)(H,23,24). The number of nitrogens with one attached hydrogen (secondary N) is 2. The molecule has 0 aliphatic carbocycles. The molecule has 1 amide bonds. The summed E-state index contributed by atoms with van der Waals surface area (Å²) in [7, 11) is 0. The van der Waals surface area contributed by atoms with E-state index in [1.54, 1.807) is 0 Å². The molecule has 1 fully saturated rings. The Hall–Kier alpha value is -2.89. The van der Waals surface area contributed by atoms with E-state index in [2.05, 4.69) is 31.5 Å². The average Bonchev–Trinajstić information content (AvgIpc) is 3.30. The van der Waals surface area contributed by atoms with Crippen molar-refractivity contribution in [2.24, 2.45) is 0 Å². The topological polar surface area (TPSA) is 73.9 Å². The van der Waals surface area contributed by atoms with E-state index in [-0.39, 0.29) is 11.9 Å². The molecule has 0 spiro atoms. The zero-order chi connectivity index (χ0) is 18.1. The second-order valence-electron chi connectivity index (χ2n) is 7.09. The number of aromatic amines is 1. The summed E-state index contributed by atoms with van der Waals surface area (Å²) < 4.78 is 0. The molecule has 3 heterocycles. The van der Waals surface area contributed by atoms with Gasteiger partial charge in [-0.3, -0.25) is 14.9 Å². The number of fused-ring (bicyclic) bond motifs is 1. The van der Waals surface area contributed by atoms with Crippen molar-refractivity contribution in [3.8, 4) is 11.1 Å². The van der Waals surface area contributed by atoms with Gasteiger partial charge < -0.3 is 10.2 Å². The van der Waals surface area contributed by atoms with Crippen LogP contribution in [0.4, 0.5) is 5.69 Å². The summed E-state index contributed by atoms with van der Waals surface area (Å²) in [6, 6.07) is 8.26. The number of carbonyl (C=O) groups excluding carboxylic acids is 1. The summed E-state index contributed by atoms with van der Waals surface area (Å²) >= 11 is 0. The number of hydrogen-bond acceptors (Lipinski definition) is 4. The van der Waals surface area contributed by atoms with E-state index in [0.29, 0.717) is 5.69 Å². The van der Waals surface area contributed by atoms with Crippen molar-refractivity contribution in [2.75, 3.05) is 18.0 Å². The molecule has 0 atom stereocenters. The van der Waals surface area contributed by atoms with Crippen LogP contribution in [0.15, 0.2) is 36.7 Å². The van der Waals surface area contributed by atoms with Gasteiger partial charge in [-0.1, -0.05) is 6.07 Å². The van der Waals surface area contributed by atoms with Crippen molar-refractivity contribution < 1.29 is 4.79 Å². The number of anilines is 1. The van der Waals surface area contributed by atoms with Gasteiger partial charge in [-0.05, 0) is 50.5 Å². The van der Waals surface area contributed by atoms with Crippen LogP contribution < -0.4 is 10.2 Å². The molecule has 2 aromatic heterocycles. The number of aromatic nitrogens is 3. The highest BCUT2D eigenvalue weighted by Gasteiger charge is 2.17. The fourth-order valence-corrected chi connectivity index (χ4v) is 3.43. The molecule has 1 aliphatic heterocycles. The third-order valence-corrected chi connectivity index (χ3v) is 4.73. The number of amides is 1. The minimum atomic E-state index is -0.160. The van der Waals surface area contributed by atoms with Gasteiger partial charge in [0.2, 0.25) is 0 Å².